The SMILES string of the molecule is O=C(O)CCc1cn(CC(=O)Nc2ncccn2)nn1. The summed E-state index contributed by atoms with van der Waals surface area (Å²) in [5.74, 6) is -1.03. The molecule has 2 rings (SSSR count). The van der Waals surface area contributed by atoms with Crippen molar-refractivity contribution < 1.29 is 14.7 Å². The minimum absolute atomic E-state index is 0.0251. The zero-order chi connectivity index (χ0) is 14.4. The van der Waals surface area contributed by atoms with Crippen LogP contribution < -0.4 is 5.32 Å². The number of carbonyl (C=O) groups excluding carboxylic acids is 1. The molecular formula is C11H12N6O3. The number of amides is 1. The van der Waals surface area contributed by atoms with E-state index in [0.29, 0.717) is 5.69 Å². The van der Waals surface area contributed by atoms with E-state index in [4.69, 9.17) is 5.11 Å². The predicted octanol–water partition coefficient (Wildman–Crippen LogP) is -0.276. The van der Waals surface area contributed by atoms with Crippen molar-refractivity contribution in [3.05, 3.63) is 30.4 Å². The lowest BCUT2D eigenvalue weighted by atomic mass is 10.2. The fraction of sp³-hybridized carbons (Fsp3) is 0.273. The molecule has 0 aliphatic rings. The molecule has 0 aromatic carbocycles. The molecule has 1 amide bonds. The predicted molar refractivity (Wildman–Crippen MR) is 66.6 cm³/mol. The normalized spacial score (nSPS) is 10.2. The first-order valence-electron chi connectivity index (χ1n) is 5.81. The Labute approximate surface area is 113 Å². The molecule has 0 aliphatic carbocycles. The van der Waals surface area contributed by atoms with Crippen molar-refractivity contribution >= 4 is 17.8 Å². The van der Waals surface area contributed by atoms with E-state index in [1.165, 1.54) is 23.3 Å². The van der Waals surface area contributed by atoms with Crippen LogP contribution in [-0.4, -0.2) is 41.9 Å². The summed E-state index contributed by atoms with van der Waals surface area (Å²) >= 11 is 0. The Kier molecular flexibility index (Phi) is 4.32. The van der Waals surface area contributed by atoms with Crippen LogP contribution in [0.2, 0.25) is 0 Å². The molecular weight excluding hydrogens is 264 g/mol. The first-order chi connectivity index (χ1) is 9.63. The number of aromatic nitrogens is 5. The number of carboxylic acid groups (broad SMARTS) is 1. The maximum atomic E-state index is 11.7. The molecule has 20 heavy (non-hydrogen) atoms. The summed E-state index contributed by atoms with van der Waals surface area (Å²) in [6.45, 7) is -0.0433. The summed E-state index contributed by atoms with van der Waals surface area (Å²) in [6, 6.07) is 1.64. The molecule has 0 unspecified atom stereocenters. The Balaban J connectivity index is 1.87. The number of hydrogen-bond donors (Lipinski definition) is 2. The van der Waals surface area contributed by atoms with Gasteiger partial charge < -0.3 is 5.11 Å². The molecule has 0 atom stereocenters. The lowest BCUT2D eigenvalue weighted by Crippen LogP contribution is -2.20. The minimum atomic E-state index is -0.904. The van der Waals surface area contributed by atoms with Crippen LogP contribution in [0.3, 0.4) is 0 Å². The Hall–Kier alpha value is -2.84. The third-order valence-electron chi connectivity index (χ3n) is 2.30. The monoisotopic (exact) mass is 276 g/mol. The molecule has 2 heterocycles. The van der Waals surface area contributed by atoms with Gasteiger partial charge in [-0.1, -0.05) is 5.21 Å². The average Bonchev–Trinajstić information content (AvgIpc) is 2.85. The van der Waals surface area contributed by atoms with E-state index >= 15 is 0 Å². The quantitative estimate of drug-likeness (QED) is 0.744. The number of hydrogen-bond acceptors (Lipinski definition) is 6. The summed E-state index contributed by atoms with van der Waals surface area (Å²) in [5.41, 5.74) is 0.524. The smallest absolute Gasteiger partial charge is 0.303 e. The molecule has 0 aliphatic heterocycles. The number of aliphatic carboxylic acids is 1. The van der Waals surface area contributed by atoms with Crippen LogP contribution in [0, 0.1) is 0 Å². The highest BCUT2D eigenvalue weighted by Gasteiger charge is 2.08. The van der Waals surface area contributed by atoms with Gasteiger partial charge in [0.1, 0.15) is 6.54 Å². The van der Waals surface area contributed by atoms with Crippen molar-refractivity contribution in [3.8, 4) is 0 Å². The van der Waals surface area contributed by atoms with Gasteiger partial charge in [0, 0.05) is 25.0 Å². The fourth-order valence-corrected chi connectivity index (χ4v) is 1.44. The number of carbonyl (C=O) groups is 2. The summed E-state index contributed by atoms with van der Waals surface area (Å²) in [5, 5.41) is 18.6. The van der Waals surface area contributed by atoms with Crippen LogP contribution in [0.15, 0.2) is 24.7 Å². The number of carboxylic acids is 1. The second-order valence-corrected chi connectivity index (χ2v) is 3.92. The van der Waals surface area contributed by atoms with E-state index in [0.717, 1.165) is 0 Å². The van der Waals surface area contributed by atoms with E-state index < -0.39 is 5.97 Å². The third kappa shape index (κ3) is 4.12. The third-order valence-corrected chi connectivity index (χ3v) is 2.30. The van der Waals surface area contributed by atoms with Crippen molar-refractivity contribution in [2.45, 2.75) is 19.4 Å². The van der Waals surface area contributed by atoms with Crippen LogP contribution in [-0.2, 0) is 22.6 Å². The second kappa shape index (κ2) is 6.36. The van der Waals surface area contributed by atoms with Crippen molar-refractivity contribution in [1.82, 2.24) is 25.0 Å². The van der Waals surface area contributed by atoms with Crippen molar-refractivity contribution in [2.75, 3.05) is 5.32 Å². The maximum absolute atomic E-state index is 11.7. The molecule has 0 saturated heterocycles. The van der Waals surface area contributed by atoms with Gasteiger partial charge >= 0.3 is 5.97 Å². The van der Waals surface area contributed by atoms with Crippen molar-refractivity contribution in [3.63, 3.8) is 0 Å². The highest BCUT2D eigenvalue weighted by atomic mass is 16.4. The van der Waals surface area contributed by atoms with E-state index in [2.05, 4.69) is 25.6 Å². The molecule has 9 nitrogen and oxygen atoms in total. The van der Waals surface area contributed by atoms with Gasteiger partial charge in [-0.15, -0.1) is 5.10 Å². The largest absolute Gasteiger partial charge is 0.481 e. The fourth-order valence-electron chi connectivity index (χ4n) is 1.44. The van der Waals surface area contributed by atoms with Crippen LogP contribution >= 0.6 is 0 Å². The summed E-state index contributed by atoms with van der Waals surface area (Å²) in [7, 11) is 0. The minimum Gasteiger partial charge on any atom is -0.481 e. The van der Waals surface area contributed by atoms with Crippen LogP contribution in [0.4, 0.5) is 5.95 Å². The topological polar surface area (TPSA) is 123 Å². The first-order valence-corrected chi connectivity index (χ1v) is 5.81. The Morgan fingerprint density at radius 3 is 2.75 bits per heavy atom. The average molecular weight is 276 g/mol. The standard InChI is InChI=1S/C11H12N6O3/c18-9(14-11-12-4-1-5-13-11)7-17-6-8(15-16-17)2-3-10(19)20/h1,4-6H,2-3,7H2,(H,19,20)(H,12,13,14,18). The van der Waals surface area contributed by atoms with Crippen molar-refractivity contribution in [2.24, 2.45) is 0 Å². The lowest BCUT2D eigenvalue weighted by molar-refractivity contribution is -0.137. The number of rotatable bonds is 6. The zero-order valence-corrected chi connectivity index (χ0v) is 10.4. The summed E-state index contributed by atoms with van der Waals surface area (Å²) < 4.78 is 1.33. The van der Waals surface area contributed by atoms with Gasteiger partial charge in [-0.3, -0.25) is 14.9 Å². The highest BCUT2D eigenvalue weighted by Crippen LogP contribution is 1.99. The van der Waals surface area contributed by atoms with Gasteiger partial charge in [-0.25, -0.2) is 14.6 Å². The second-order valence-electron chi connectivity index (χ2n) is 3.92. The van der Waals surface area contributed by atoms with Gasteiger partial charge in [0.25, 0.3) is 0 Å². The summed E-state index contributed by atoms with van der Waals surface area (Å²) in [6.07, 6.45) is 4.82. The molecule has 104 valence electrons. The van der Waals surface area contributed by atoms with E-state index in [-0.39, 0.29) is 31.2 Å². The van der Waals surface area contributed by atoms with Crippen LogP contribution in [0.1, 0.15) is 12.1 Å². The van der Waals surface area contributed by atoms with Crippen LogP contribution in [0.25, 0.3) is 0 Å². The number of aryl methyl sites for hydroxylation is 1. The zero-order valence-electron chi connectivity index (χ0n) is 10.4. The number of nitrogens with zero attached hydrogens (tertiary/aromatic N) is 5. The Morgan fingerprint density at radius 2 is 2.05 bits per heavy atom. The molecule has 0 saturated carbocycles. The Morgan fingerprint density at radius 1 is 1.30 bits per heavy atom. The molecule has 2 aromatic heterocycles. The maximum Gasteiger partial charge on any atom is 0.303 e. The van der Waals surface area contributed by atoms with Gasteiger partial charge in [-0.2, -0.15) is 0 Å². The molecule has 0 spiro atoms. The summed E-state index contributed by atoms with van der Waals surface area (Å²) in [4.78, 5) is 29.8. The molecule has 2 aromatic rings. The Bertz CT molecular complexity index is 597. The van der Waals surface area contributed by atoms with E-state index in [1.807, 2.05) is 0 Å². The molecule has 2 N–H and O–H groups in total. The van der Waals surface area contributed by atoms with Crippen LogP contribution in [0.5, 0.6) is 0 Å². The number of anilines is 1. The van der Waals surface area contributed by atoms with Gasteiger partial charge in [0.15, 0.2) is 0 Å². The van der Waals surface area contributed by atoms with Crippen molar-refractivity contribution in [1.29, 1.82) is 0 Å². The van der Waals surface area contributed by atoms with Gasteiger partial charge in [-0.05, 0) is 6.07 Å². The van der Waals surface area contributed by atoms with E-state index in [1.54, 1.807) is 6.07 Å². The highest BCUT2D eigenvalue weighted by molar-refractivity contribution is 5.88. The molecule has 0 fully saturated rings. The lowest BCUT2D eigenvalue weighted by Gasteiger charge is -2.02. The van der Waals surface area contributed by atoms with Gasteiger partial charge in [0.05, 0.1) is 12.1 Å². The van der Waals surface area contributed by atoms with E-state index in [9.17, 15) is 9.59 Å². The molecule has 0 bridgehead atoms. The number of nitrogens with one attached hydrogen (secondary N) is 1. The first kappa shape index (κ1) is 13.6. The molecule has 9 heteroatoms. The van der Waals surface area contributed by atoms with Gasteiger partial charge in [0.2, 0.25) is 11.9 Å². The molecule has 0 radical (unpaired) electrons.